The van der Waals surface area contributed by atoms with Gasteiger partial charge in [0.15, 0.2) is 4.67 Å². The van der Waals surface area contributed by atoms with Gasteiger partial charge >= 0.3 is 0 Å². The zero-order valence-corrected chi connectivity index (χ0v) is 13.7. The summed E-state index contributed by atoms with van der Waals surface area (Å²) < 4.78 is 7.24. The molecule has 1 aromatic rings. The van der Waals surface area contributed by atoms with Crippen LogP contribution in [0.2, 0.25) is 0 Å². The average molecular weight is 365 g/mol. The van der Waals surface area contributed by atoms with Gasteiger partial charge in [-0.05, 0) is 62.9 Å². The first-order chi connectivity index (χ1) is 8.02. The maximum Gasteiger partial charge on any atom is 0.184 e. The van der Waals surface area contributed by atoms with E-state index in [2.05, 4.69) is 64.0 Å². The van der Waals surface area contributed by atoms with Crippen molar-refractivity contribution in [3.05, 3.63) is 26.5 Å². The summed E-state index contributed by atoms with van der Waals surface area (Å²) >= 11 is 6.76. The number of nitrogens with one attached hydrogen (secondary N) is 1. The highest BCUT2D eigenvalue weighted by molar-refractivity contribution is 9.13. The van der Waals surface area contributed by atoms with E-state index in [-0.39, 0.29) is 0 Å². The van der Waals surface area contributed by atoms with Crippen molar-refractivity contribution in [2.45, 2.75) is 27.2 Å². The van der Waals surface area contributed by atoms with E-state index < -0.39 is 0 Å². The molecule has 0 amide bonds. The number of halogens is 2. The van der Waals surface area contributed by atoms with Gasteiger partial charge in [-0.1, -0.05) is 26.3 Å². The van der Waals surface area contributed by atoms with Crippen LogP contribution in [-0.4, -0.2) is 13.1 Å². The Bertz CT molecular complexity index is 363. The van der Waals surface area contributed by atoms with Gasteiger partial charge in [0, 0.05) is 6.54 Å². The molecular formula is C13H19Br2NO. The molecule has 0 atom stereocenters. The Kier molecular flexibility index (Phi) is 6.52. The van der Waals surface area contributed by atoms with Crippen LogP contribution in [0.5, 0.6) is 0 Å². The molecule has 1 aromatic heterocycles. The van der Waals surface area contributed by atoms with Gasteiger partial charge in [-0.25, -0.2) is 0 Å². The molecule has 2 nitrogen and oxygen atoms in total. The lowest BCUT2D eigenvalue weighted by molar-refractivity contribution is 0.528. The van der Waals surface area contributed by atoms with Crippen LogP contribution in [0, 0.1) is 5.92 Å². The molecule has 1 heterocycles. The molecule has 0 aliphatic carbocycles. The first-order valence-corrected chi connectivity index (χ1v) is 7.46. The van der Waals surface area contributed by atoms with Crippen molar-refractivity contribution in [1.82, 2.24) is 5.32 Å². The van der Waals surface area contributed by atoms with Gasteiger partial charge in [0.2, 0.25) is 0 Å². The predicted molar refractivity (Wildman–Crippen MR) is 80.1 cm³/mol. The summed E-state index contributed by atoms with van der Waals surface area (Å²) in [7, 11) is 0. The Morgan fingerprint density at radius 1 is 1.47 bits per heavy atom. The van der Waals surface area contributed by atoms with Gasteiger partial charge in [-0.15, -0.1) is 0 Å². The molecule has 0 bridgehead atoms. The van der Waals surface area contributed by atoms with Crippen molar-refractivity contribution in [1.29, 1.82) is 0 Å². The largest absolute Gasteiger partial charge is 0.449 e. The maximum atomic E-state index is 5.54. The van der Waals surface area contributed by atoms with Crippen molar-refractivity contribution in [2.75, 3.05) is 13.1 Å². The molecule has 0 saturated heterocycles. The van der Waals surface area contributed by atoms with E-state index in [0.29, 0.717) is 5.92 Å². The molecule has 0 fully saturated rings. The van der Waals surface area contributed by atoms with Gasteiger partial charge in [0.25, 0.3) is 0 Å². The molecule has 4 heteroatoms. The van der Waals surface area contributed by atoms with E-state index in [1.54, 1.807) is 0 Å². The Morgan fingerprint density at radius 2 is 2.18 bits per heavy atom. The standard InChI is InChI=1S/C13H19Br2NO/c1-4-10(8-16-7-9(2)3)5-11-6-12(14)13(15)17-11/h5-6,9,16H,4,7-8H2,1-3H3. The highest BCUT2D eigenvalue weighted by Crippen LogP contribution is 2.28. The van der Waals surface area contributed by atoms with Crippen molar-refractivity contribution in [3.8, 4) is 0 Å². The van der Waals surface area contributed by atoms with Crippen molar-refractivity contribution in [2.24, 2.45) is 5.92 Å². The number of rotatable bonds is 6. The SMILES string of the molecule is CCC(=Cc1cc(Br)c(Br)o1)CNCC(C)C. The summed E-state index contributed by atoms with van der Waals surface area (Å²) in [6, 6.07) is 1.97. The molecule has 96 valence electrons. The third-order valence-corrected chi connectivity index (χ3v) is 4.08. The maximum absolute atomic E-state index is 5.54. The summed E-state index contributed by atoms with van der Waals surface area (Å²) in [5.74, 6) is 1.56. The summed E-state index contributed by atoms with van der Waals surface area (Å²) in [6.07, 6.45) is 3.13. The lowest BCUT2D eigenvalue weighted by atomic mass is 10.1. The van der Waals surface area contributed by atoms with Crippen LogP contribution in [0.3, 0.4) is 0 Å². The van der Waals surface area contributed by atoms with Gasteiger partial charge in [0.05, 0.1) is 4.47 Å². The normalized spacial score (nSPS) is 12.5. The lowest BCUT2D eigenvalue weighted by Crippen LogP contribution is -2.21. The monoisotopic (exact) mass is 363 g/mol. The topological polar surface area (TPSA) is 25.2 Å². The second-order valence-corrected chi connectivity index (χ2v) is 6.03. The molecule has 17 heavy (non-hydrogen) atoms. The van der Waals surface area contributed by atoms with Crippen LogP contribution in [-0.2, 0) is 0 Å². The number of hydrogen-bond donors (Lipinski definition) is 1. The van der Waals surface area contributed by atoms with Gasteiger partial charge in [-0.3, -0.25) is 0 Å². The fraction of sp³-hybridized carbons (Fsp3) is 0.538. The molecule has 0 radical (unpaired) electrons. The van der Waals surface area contributed by atoms with Crippen LogP contribution in [0.4, 0.5) is 0 Å². The quantitative estimate of drug-likeness (QED) is 0.780. The van der Waals surface area contributed by atoms with E-state index in [4.69, 9.17) is 4.42 Å². The third-order valence-electron chi connectivity index (χ3n) is 2.37. The van der Waals surface area contributed by atoms with E-state index in [0.717, 1.165) is 34.4 Å². The fourth-order valence-corrected chi connectivity index (χ4v) is 2.04. The van der Waals surface area contributed by atoms with E-state index in [1.165, 1.54) is 5.57 Å². The smallest absolute Gasteiger partial charge is 0.184 e. The number of hydrogen-bond acceptors (Lipinski definition) is 2. The molecule has 0 aliphatic heterocycles. The molecule has 0 aromatic carbocycles. The number of furan rings is 1. The third kappa shape index (κ3) is 5.40. The highest BCUT2D eigenvalue weighted by atomic mass is 79.9. The zero-order valence-electron chi connectivity index (χ0n) is 10.5. The Balaban J connectivity index is 2.60. The van der Waals surface area contributed by atoms with Gasteiger partial charge in [0.1, 0.15) is 5.76 Å². The first kappa shape index (κ1) is 15.0. The molecule has 0 unspecified atom stereocenters. The molecule has 0 saturated carbocycles. The Labute approximate surface area is 120 Å². The lowest BCUT2D eigenvalue weighted by Gasteiger charge is -2.08. The van der Waals surface area contributed by atoms with Crippen LogP contribution in [0.15, 0.2) is 25.2 Å². The fourth-order valence-electron chi connectivity index (χ4n) is 1.44. The summed E-state index contributed by atoms with van der Waals surface area (Å²) in [4.78, 5) is 0. The van der Waals surface area contributed by atoms with Crippen LogP contribution in [0.25, 0.3) is 6.08 Å². The molecular weight excluding hydrogens is 346 g/mol. The van der Waals surface area contributed by atoms with Crippen LogP contribution >= 0.6 is 31.9 Å². The second-order valence-electron chi connectivity index (χ2n) is 4.45. The van der Waals surface area contributed by atoms with Gasteiger partial charge < -0.3 is 9.73 Å². The Morgan fingerprint density at radius 3 is 2.65 bits per heavy atom. The van der Waals surface area contributed by atoms with Crippen LogP contribution < -0.4 is 5.32 Å². The van der Waals surface area contributed by atoms with Crippen LogP contribution in [0.1, 0.15) is 33.0 Å². The summed E-state index contributed by atoms with van der Waals surface area (Å²) in [5, 5.41) is 3.44. The van der Waals surface area contributed by atoms with Crippen molar-refractivity contribution < 1.29 is 4.42 Å². The second kappa shape index (κ2) is 7.39. The minimum absolute atomic E-state index is 0.681. The minimum Gasteiger partial charge on any atom is -0.449 e. The van der Waals surface area contributed by atoms with E-state index in [9.17, 15) is 0 Å². The predicted octanol–water partition coefficient (Wildman–Crippen LogP) is 4.84. The molecule has 0 aliphatic rings. The average Bonchev–Trinajstić information content (AvgIpc) is 2.56. The first-order valence-electron chi connectivity index (χ1n) is 5.88. The zero-order chi connectivity index (χ0) is 12.8. The molecule has 1 N–H and O–H groups in total. The van der Waals surface area contributed by atoms with E-state index in [1.807, 2.05) is 6.07 Å². The molecule has 0 spiro atoms. The summed E-state index contributed by atoms with van der Waals surface area (Å²) in [5.41, 5.74) is 1.35. The molecule has 1 rings (SSSR count). The summed E-state index contributed by atoms with van der Waals surface area (Å²) in [6.45, 7) is 8.55. The van der Waals surface area contributed by atoms with Crippen molar-refractivity contribution in [3.63, 3.8) is 0 Å². The highest BCUT2D eigenvalue weighted by Gasteiger charge is 2.05. The van der Waals surface area contributed by atoms with Gasteiger partial charge in [-0.2, -0.15) is 0 Å². The van der Waals surface area contributed by atoms with Crippen molar-refractivity contribution >= 4 is 37.9 Å². The van der Waals surface area contributed by atoms with E-state index >= 15 is 0 Å². The minimum atomic E-state index is 0.681. The Hall–Kier alpha value is -0.0600.